The zero-order valence-corrected chi connectivity index (χ0v) is 15.5. The molecule has 8 heteroatoms. The van der Waals surface area contributed by atoms with E-state index in [4.69, 9.17) is 4.74 Å². The Hall–Kier alpha value is -3.81. The molecule has 0 spiro atoms. The molecule has 0 fully saturated rings. The van der Waals surface area contributed by atoms with Crippen LogP contribution in [-0.2, 0) is 9.53 Å². The van der Waals surface area contributed by atoms with E-state index in [0.717, 1.165) is 17.0 Å². The lowest BCUT2D eigenvalue weighted by atomic mass is 10.1. The molecule has 1 N–H and O–H groups in total. The van der Waals surface area contributed by atoms with Crippen molar-refractivity contribution in [3.05, 3.63) is 77.6 Å². The fourth-order valence-corrected chi connectivity index (χ4v) is 2.79. The lowest BCUT2D eigenvalue weighted by Gasteiger charge is -2.13. The summed E-state index contributed by atoms with van der Waals surface area (Å²) in [4.78, 5) is 50.3. The molecule has 0 radical (unpaired) electrons. The minimum absolute atomic E-state index is 0.0224. The lowest BCUT2D eigenvalue weighted by Crippen LogP contribution is -2.35. The highest BCUT2D eigenvalue weighted by molar-refractivity contribution is 6.34. The summed E-state index contributed by atoms with van der Waals surface area (Å²) in [7, 11) is 0. The van der Waals surface area contributed by atoms with Gasteiger partial charge in [0.05, 0.1) is 22.4 Å². The van der Waals surface area contributed by atoms with Crippen molar-refractivity contribution < 1.29 is 28.3 Å². The van der Waals surface area contributed by atoms with E-state index in [0.29, 0.717) is 0 Å². The summed E-state index contributed by atoms with van der Waals surface area (Å²) in [6.45, 7) is 5.12. The van der Waals surface area contributed by atoms with E-state index < -0.39 is 35.6 Å². The van der Waals surface area contributed by atoms with Crippen LogP contribution in [0.5, 0.6) is 0 Å². The van der Waals surface area contributed by atoms with Gasteiger partial charge in [-0.15, -0.1) is 6.58 Å². The highest BCUT2D eigenvalue weighted by atomic mass is 19.1. The summed E-state index contributed by atoms with van der Waals surface area (Å²) in [5, 5.41) is 2.51. The Bertz CT molecular complexity index is 1020. The number of esters is 1. The van der Waals surface area contributed by atoms with Crippen molar-refractivity contribution in [3.63, 3.8) is 0 Å². The molecule has 1 atom stereocenters. The third-order valence-corrected chi connectivity index (χ3v) is 4.28. The maximum Gasteiger partial charge on any atom is 0.338 e. The number of hydrogen-bond acceptors (Lipinski definition) is 5. The van der Waals surface area contributed by atoms with E-state index in [2.05, 4.69) is 11.9 Å². The number of rotatable bonds is 6. The number of nitrogens with zero attached hydrogens (tertiary/aromatic N) is 1. The Labute approximate surface area is 165 Å². The van der Waals surface area contributed by atoms with E-state index in [1.54, 1.807) is 0 Å². The zero-order valence-electron chi connectivity index (χ0n) is 15.5. The number of fused-ring (bicyclic) bond motifs is 1. The molecule has 0 saturated carbocycles. The predicted octanol–water partition coefficient (Wildman–Crippen LogP) is 2.47. The number of carbonyl (C=O) groups is 4. The molecule has 0 saturated heterocycles. The van der Waals surface area contributed by atoms with Crippen LogP contribution < -0.4 is 10.2 Å². The molecule has 7 nitrogen and oxygen atoms in total. The van der Waals surface area contributed by atoms with Crippen molar-refractivity contribution in [2.75, 3.05) is 11.4 Å². The summed E-state index contributed by atoms with van der Waals surface area (Å²) in [6.07, 6.45) is 0.436. The standard InChI is InChI=1S/C21H17FN2O5/c1-3-10-23-18(25)12(2)29-21(28)13-4-9-16-17(11-13)20(27)24(19(16)26)15-7-5-14(22)6-8-15/h3-9,11-12H,1,10H2,2H3,(H,23,25)/t12-/m0/s1. The van der Waals surface area contributed by atoms with E-state index in [9.17, 15) is 23.6 Å². The largest absolute Gasteiger partial charge is 0.449 e. The summed E-state index contributed by atoms with van der Waals surface area (Å²) >= 11 is 0. The van der Waals surface area contributed by atoms with Crippen LogP contribution in [0.3, 0.4) is 0 Å². The fraction of sp³-hybridized carbons (Fsp3) is 0.143. The number of ether oxygens (including phenoxy) is 1. The average molecular weight is 396 g/mol. The van der Waals surface area contributed by atoms with Gasteiger partial charge in [-0.3, -0.25) is 14.4 Å². The molecule has 0 aliphatic carbocycles. The third-order valence-electron chi connectivity index (χ3n) is 4.28. The van der Waals surface area contributed by atoms with Crippen LogP contribution in [0.15, 0.2) is 55.1 Å². The van der Waals surface area contributed by atoms with E-state index in [-0.39, 0.29) is 28.9 Å². The van der Waals surface area contributed by atoms with Crippen molar-refractivity contribution in [1.29, 1.82) is 0 Å². The molecule has 29 heavy (non-hydrogen) atoms. The Kier molecular flexibility index (Phi) is 5.54. The van der Waals surface area contributed by atoms with Crippen molar-refractivity contribution in [3.8, 4) is 0 Å². The maximum absolute atomic E-state index is 13.1. The van der Waals surface area contributed by atoms with Gasteiger partial charge in [-0.2, -0.15) is 0 Å². The number of nitrogens with one attached hydrogen (secondary N) is 1. The zero-order chi connectivity index (χ0) is 21.1. The van der Waals surface area contributed by atoms with Gasteiger partial charge < -0.3 is 10.1 Å². The van der Waals surface area contributed by atoms with Crippen LogP contribution in [-0.4, -0.2) is 36.3 Å². The smallest absolute Gasteiger partial charge is 0.338 e. The number of benzene rings is 2. The van der Waals surface area contributed by atoms with Crippen molar-refractivity contribution in [2.24, 2.45) is 0 Å². The summed E-state index contributed by atoms with van der Waals surface area (Å²) in [5.41, 5.74) is 0.383. The van der Waals surface area contributed by atoms with Gasteiger partial charge in [0.15, 0.2) is 6.10 Å². The van der Waals surface area contributed by atoms with Crippen LogP contribution in [0.2, 0.25) is 0 Å². The molecule has 1 aliphatic rings. The summed E-state index contributed by atoms with van der Waals surface area (Å²) < 4.78 is 18.2. The van der Waals surface area contributed by atoms with Gasteiger partial charge >= 0.3 is 5.97 Å². The van der Waals surface area contributed by atoms with Crippen LogP contribution in [0.25, 0.3) is 0 Å². The van der Waals surface area contributed by atoms with E-state index in [1.807, 2.05) is 0 Å². The van der Waals surface area contributed by atoms with Gasteiger partial charge in [0.2, 0.25) is 0 Å². The topological polar surface area (TPSA) is 92.8 Å². The number of halogens is 1. The van der Waals surface area contributed by atoms with Gasteiger partial charge in [-0.25, -0.2) is 14.1 Å². The van der Waals surface area contributed by atoms with Gasteiger partial charge in [-0.05, 0) is 49.4 Å². The second-order valence-electron chi connectivity index (χ2n) is 6.26. The van der Waals surface area contributed by atoms with Crippen LogP contribution in [0, 0.1) is 5.82 Å². The molecule has 3 rings (SSSR count). The number of imide groups is 1. The molecule has 2 aromatic carbocycles. The van der Waals surface area contributed by atoms with Crippen LogP contribution in [0.1, 0.15) is 38.0 Å². The van der Waals surface area contributed by atoms with Gasteiger partial charge in [-0.1, -0.05) is 6.08 Å². The number of anilines is 1. The van der Waals surface area contributed by atoms with Gasteiger partial charge in [0.1, 0.15) is 5.82 Å². The molecular formula is C21H17FN2O5. The first-order chi connectivity index (χ1) is 13.8. The normalized spacial score (nSPS) is 13.7. The minimum Gasteiger partial charge on any atom is -0.449 e. The SMILES string of the molecule is C=CCNC(=O)[C@H](C)OC(=O)c1ccc2c(c1)C(=O)N(c1ccc(F)cc1)C2=O. The van der Waals surface area contributed by atoms with Crippen molar-refractivity contribution in [2.45, 2.75) is 13.0 Å². The second kappa shape index (κ2) is 8.05. The third kappa shape index (κ3) is 3.91. The summed E-state index contributed by atoms with van der Waals surface area (Å²) in [5.74, 6) is -3.01. The van der Waals surface area contributed by atoms with Gasteiger partial charge in [0.25, 0.3) is 17.7 Å². The molecule has 1 heterocycles. The van der Waals surface area contributed by atoms with E-state index >= 15 is 0 Å². The fourth-order valence-electron chi connectivity index (χ4n) is 2.79. The molecule has 3 amide bonds. The first kappa shape index (κ1) is 19.9. The Morgan fingerprint density at radius 1 is 1.14 bits per heavy atom. The van der Waals surface area contributed by atoms with Gasteiger partial charge in [0, 0.05) is 6.54 Å². The number of amides is 3. The highest BCUT2D eigenvalue weighted by Gasteiger charge is 2.37. The highest BCUT2D eigenvalue weighted by Crippen LogP contribution is 2.29. The first-order valence-corrected chi connectivity index (χ1v) is 8.71. The quantitative estimate of drug-likeness (QED) is 0.460. The molecule has 0 aromatic heterocycles. The Morgan fingerprint density at radius 2 is 1.79 bits per heavy atom. The first-order valence-electron chi connectivity index (χ1n) is 8.71. The molecule has 2 aromatic rings. The number of carbonyl (C=O) groups excluding carboxylic acids is 4. The predicted molar refractivity (Wildman–Crippen MR) is 102 cm³/mol. The van der Waals surface area contributed by atoms with Crippen molar-refractivity contribution >= 4 is 29.4 Å². The Morgan fingerprint density at radius 3 is 2.45 bits per heavy atom. The molecular weight excluding hydrogens is 379 g/mol. The molecule has 0 bridgehead atoms. The maximum atomic E-state index is 13.1. The molecule has 0 unspecified atom stereocenters. The molecule has 1 aliphatic heterocycles. The van der Waals surface area contributed by atoms with E-state index in [1.165, 1.54) is 43.3 Å². The van der Waals surface area contributed by atoms with Crippen LogP contribution >= 0.6 is 0 Å². The average Bonchev–Trinajstić information content (AvgIpc) is 2.96. The summed E-state index contributed by atoms with van der Waals surface area (Å²) in [6, 6.07) is 8.84. The van der Waals surface area contributed by atoms with Crippen LogP contribution in [0.4, 0.5) is 10.1 Å². The monoisotopic (exact) mass is 396 g/mol. The lowest BCUT2D eigenvalue weighted by molar-refractivity contribution is -0.128. The minimum atomic E-state index is -1.05. The Balaban J connectivity index is 1.80. The molecule has 148 valence electrons. The second-order valence-corrected chi connectivity index (χ2v) is 6.26. The number of hydrogen-bond donors (Lipinski definition) is 1. The van der Waals surface area contributed by atoms with Crippen molar-refractivity contribution in [1.82, 2.24) is 5.32 Å².